The molecule has 0 atom stereocenters. The summed E-state index contributed by atoms with van der Waals surface area (Å²) in [6, 6.07) is 48.0. The standard InChI is InChI=1S/C39H23N3OS/c1-3-10-24(11-4-1)37-40-38(25-12-5-2-6-13-25)42-39(41-37)27-18-20-29-32-22-26(19-21-33(32)43-34(29)23-27)28-15-9-16-31-30-14-7-8-17-35(30)44-36(28)31/h1-23H. The minimum absolute atomic E-state index is 0.609. The Morgan fingerprint density at radius 3 is 1.80 bits per heavy atom. The number of fused-ring (bicyclic) bond motifs is 6. The molecule has 0 unspecified atom stereocenters. The molecule has 9 rings (SSSR count). The predicted octanol–water partition coefficient (Wildman–Crippen LogP) is 10.8. The normalized spacial score (nSPS) is 11.6. The van der Waals surface area contributed by atoms with Gasteiger partial charge in [-0.2, -0.15) is 0 Å². The summed E-state index contributed by atoms with van der Waals surface area (Å²) in [6.07, 6.45) is 0. The number of aromatic nitrogens is 3. The Morgan fingerprint density at radius 1 is 0.409 bits per heavy atom. The molecule has 0 N–H and O–H groups in total. The fourth-order valence-corrected chi connectivity index (χ4v) is 7.23. The summed E-state index contributed by atoms with van der Waals surface area (Å²) in [7, 11) is 0. The first-order valence-corrected chi connectivity index (χ1v) is 15.3. The van der Waals surface area contributed by atoms with Crippen LogP contribution in [0.4, 0.5) is 0 Å². The van der Waals surface area contributed by atoms with E-state index in [-0.39, 0.29) is 0 Å². The molecule has 3 aromatic heterocycles. The largest absolute Gasteiger partial charge is 0.456 e. The molecule has 5 heteroatoms. The number of nitrogens with zero attached hydrogens (tertiary/aromatic N) is 3. The van der Waals surface area contributed by atoms with Gasteiger partial charge in [0.25, 0.3) is 0 Å². The number of rotatable bonds is 4. The summed E-state index contributed by atoms with van der Waals surface area (Å²) in [6.45, 7) is 0. The monoisotopic (exact) mass is 581 g/mol. The van der Waals surface area contributed by atoms with Crippen LogP contribution in [0.1, 0.15) is 0 Å². The van der Waals surface area contributed by atoms with Crippen LogP contribution in [0.3, 0.4) is 0 Å². The molecule has 206 valence electrons. The number of furan rings is 1. The van der Waals surface area contributed by atoms with E-state index < -0.39 is 0 Å². The summed E-state index contributed by atoms with van der Waals surface area (Å²) in [5.41, 5.74) is 6.84. The van der Waals surface area contributed by atoms with Crippen LogP contribution in [0.15, 0.2) is 144 Å². The topological polar surface area (TPSA) is 51.8 Å². The van der Waals surface area contributed by atoms with Gasteiger partial charge in [-0.1, -0.05) is 109 Å². The minimum atomic E-state index is 0.609. The van der Waals surface area contributed by atoms with Gasteiger partial charge in [0.1, 0.15) is 11.2 Å². The van der Waals surface area contributed by atoms with Crippen LogP contribution in [-0.4, -0.2) is 15.0 Å². The van der Waals surface area contributed by atoms with Crippen molar-refractivity contribution in [2.75, 3.05) is 0 Å². The second-order valence-corrected chi connectivity index (χ2v) is 11.9. The van der Waals surface area contributed by atoms with Gasteiger partial charge in [-0.15, -0.1) is 11.3 Å². The number of hydrogen-bond donors (Lipinski definition) is 0. The van der Waals surface area contributed by atoms with E-state index in [1.54, 1.807) is 0 Å². The van der Waals surface area contributed by atoms with Gasteiger partial charge in [-0.3, -0.25) is 0 Å². The minimum Gasteiger partial charge on any atom is -0.456 e. The molecule has 44 heavy (non-hydrogen) atoms. The Morgan fingerprint density at radius 2 is 1.05 bits per heavy atom. The van der Waals surface area contributed by atoms with Crippen LogP contribution in [0, 0.1) is 0 Å². The van der Waals surface area contributed by atoms with Gasteiger partial charge in [0.05, 0.1) is 0 Å². The summed E-state index contributed by atoms with van der Waals surface area (Å²) in [5, 5.41) is 4.76. The lowest BCUT2D eigenvalue weighted by molar-refractivity contribution is 0.669. The third kappa shape index (κ3) is 4.09. The zero-order valence-electron chi connectivity index (χ0n) is 23.4. The van der Waals surface area contributed by atoms with Gasteiger partial charge in [0.15, 0.2) is 17.5 Å². The van der Waals surface area contributed by atoms with Crippen LogP contribution < -0.4 is 0 Å². The molecule has 0 saturated heterocycles. The maximum Gasteiger partial charge on any atom is 0.164 e. The first-order valence-electron chi connectivity index (χ1n) is 14.5. The fourth-order valence-electron chi connectivity index (χ4n) is 6.00. The second kappa shape index (κ2) is 9.97. The van der Waals surface area contributed by atoms with Crippen molar-refractivity contribution in [3.8, 4) is 45.3 Å². The Hall–Kier alpha value is -5.65. The Kier molecular flexibility index (Phi) is 5.64. The highest BCUT2D eigenvalue weighted by Crippen LogP contribution is 2.41. The molecule has 4 nitrogen and oxygen atoms in total. The van der Waals surface area contributed by atoms with E-state index in [2.05, 4.69) is 72.8 Å². The van der Waals surface area contributed by atoms with Crippen LogP contribution in [-0.2, 0) is 0 Å². The zero-order chi connectivity index (χ0) is 29.0. The maximum absolute atomic E-state index is 6.40. The Balaban J connectivity index is 1.18. The first kappa shape index (κ1) is 24.9. The molecule has 0 saturated carbocycles. The molecule has 0 fully saturated rings. The summed E-state index contributed by atoms with van der Waals surface area (Å²) >= 11 is 1.85. The van der Waals surface area contributed by atoms with Crippen molar-refractivity contribution >= 4 is 53.4 Å². The van der Waals surface area contributed by atoms with Gasteiger partial charge in [0, 0.05) is 47.6 Å². The lowest BCUT2D eigenvalue weighted by atomic mass is 10.0. The van der Waals surface area contributed by atoms with Gasteiger partial charge in [-0.05, 0) is 41.5 Å². The van der Waals surface area contributed by atoms with Crippen LogP contribution >= 0.6 is 11.3 Å². The highest BCUT2D eigenvalue weighted by Gasteiger charge is 2.16. The number of benzene rings is 6. The van der Waals surface area contributed by atoms with E-state index in [1.807, 2.05) is 78.1 Å². The molecular formula is C39H23N3OS. The maximum atomic E-state index is 6.40. The molecule has 6 aromatic carbocycles. The van der Waals surface area contributed by atoms with Gasteiger partial charge >= 0.3 is 0 Å². The van der Waals surface area contributed by atoms with Gasteiger partial charge < -0.3 is 4.42 Å². The molecule has 0 aliphatic carbocycles. The van der Waals surface area contributed by atoms with E-state index >= 15 is 0 Å². The summed E-state index contributed by atoms with van der Waals surface area (Å²) in [4.78, 5) is 14.6. The molecule has 0 aliphatic heterocycles. The average molecular weight is 582 g/mol. The highest BCUT2D eigenvalue weighted by molar-refractivity contribution is 7.26. The van der Waals surface area contributed by atoms with Gasteiger partial charge in [0.2, 0.25) is 0 Å². The number of thiophene rings is 1. The van der Waals surface area contributed by atoms with Crippen molar-refractivity contribution in [3.63, 3.8) is 0 Å². The van der Waals surface area contributed by atoms with E-state index in [0.29, 0.717) is 17.5 Å². The smallest absolute Gasteiger partial charge is 0.164 e. The van der Waals surface area contributed by atoms with E-state index in [0.717, 1.165) is 38.6 Å². The summed E-state index contributed by atoms with van der Waals surface area (Å²) < 4.78 is 9.02. The average Bonchev–Trinajstić information content (AvgIpc) is 3.66. The molecule has 9 aromatic rings. The van der Waals surface area contributed by atoms with E-state index in [4.69, 9.17) is 19.4 Å². The van der Waals surface area contributed by atoms with Crippen molar-refractivity contribution in [1.29, 1.82) is 0 Å². The predicted molar refractivity (Wildman–Crippen MR) is 182 cm³/mol. The third-order valence-electron chi connectivity index (χ3n) is 8.14. The first-order chi connectivity index (χ1) is 21.8. The highest BCUT2D eigenvalue weighted by atomic mass is 32.1. The Bertz CT molecular complexity index is 2440. The molecule has 3 heterocycles. The van der Waals surface area contributed by atoms with Gasteiger partial charge in [-0.25, -0.2) is 15.0 Å². The van der Waals surface area contributed by atoms with Crippen molar-refractivity contribution in [3.05, 3.63) is 140 Å². The lowest BCUT2D eigenvalue weighted by Crippen LogP contribution is -2.00. The van der Waals surface area contributed by atoms with E-state index in [9.17, 15) is 0 Å². The van der Waals surface area contributed by atoms with Crippen LogP contribution in [0.5, 0.6) is 0 Å². The molecule has 0 aliphatic rings. The molecule has 0 bridgehead atoms. The fraction of sp³-hybridized carbons (Fsp3) is 0. The van der Waals surface area contributed by atoms with Crippen molar-refractivity contribution in [2.45, 2.75) is 0 Å². The van der Waals surface area contributed by atoms with Crippen molar-refractivity contribution in [1.82, 2.24) is 15.0 Å². The van der Waals surface area contributed by atoms with Crippen molar-refractivity contribution in [2.24, 2.45) is 0 Å². The van der Waals surface area contributed by atoms with Crippen molar-refractivity contribution < 1.29 is 4.42 Å². The van der Waals surface area contributed by atoms with Crippen LogP contribution in [0.25, 0.3) is 87.4 Å². The van der Waals surface area contributed by atoms with Crippen LogP contribution in [0.2, 0.25) is 0 Å². The lowest BCUT2D eigenvalue weighted by Gasteiger charge is -2.08. The number of hydrogen-bond acceptors (Lipinski definition) is 5. The summed E-state index contributed by atoms with van der Waals surface area (Å²) in [5.74, 6) is 1.88. The quantitative estimate of drug-likeness (QED) is 0.207. The molecule has 0 amide bonds. The molecule has 0 spiro atoms. The Labute approximate surface area is 256 Å². The van der Waals surface area contributed by atoms with E-state index in [1.165, 1.54) is 31.3 Å². The zero-order valence-corrected chi connectivity index (χ0v) is 24.3. The molecular weight excluding hydrogens is 559 g/mol. The SMILES string of the molecule is c1ccc(-c2nc(-c3ccccc3)nc(-c3ccc4c(c3)oc3ccc(-c5cccc6c5sc5ccccc56)cc34)n2)cc1. The third-order valence-corrected chi connectivity index (χ3v) is 9.36. The molecule has 0 radical (unpaired) electrons. The second-order valence-electron chi connectivity index (χ2n) is 10.8.